The number of benzene rings is 1. The van der Waals surface area contributed by atoms with Gasteiger partial charge in [-0.2, -0.15) is 4.90 Å². The molecule has 0 aliphatic carbocycles. The second-order valence-corrected chi connectivity index (χ2v) is 5.21. The van der Waals surface area contributed by atoms with Gasteiger partial charge in [-0.25, -0.2) is 9.10 Å². The maximum Gasteiger partial charge on any atom is 0.349 e. The fraction of sp³-hybridized carbons (Fsp3) is 0.308. The first-order valence-corrected chi connectivity index (χ1v) is 7.60. The average Bonchev–Trinajstić information content (AvgIpc) is 2.48. The molecule has 1 N–H and O–H groups in total. The molecule has 0 bridgehead atoms. The van der Waals surface area contributed by atoms with Crippen LogP contribution in [0.3, 0.4) is 0 Å². The Morgan fingerprint density at radius 1 is 1.29 bits per heavy atom. The molecular formula is C13H18N4O2S2. The van der Waals surface area contributed by atoms with E-state index in [1.165, 1.54) is 23.4 Å². The van der Waals surface area contributed by atoms with Crippen molar-refractivity contribution in [2.45, 2.75) is 0 Å². The lowest BCUT2D eigenvalue weighted by Crippen LogP contribution is -2.51. The molecule has 0 atom stereocenters. The van der Waals surface area contributed by atoms with Crippen LogP contribution in [-0.2, 0) is 4.74 Å². The van der Waals surface area contributed by atoms with Crippen LogP contribution in [0.1, 0.15) is 0 Å². The largest absolute Gasteiger partial charge is 0.468 e. The summed E-state index contributed by atoms with van der Waals surface area (Å²) in [5.74, 6) is 0. The highest BCUT2D eigenvalue weighted by Gasteiger charge is 2.30. The number of amidine groups is 1. The summed E-state index contributed by atoms with van der Waals surface area (Å²) in [6, 6.07) is 8.37. The summed E-state index contributed by atoms with van der Waals surface area (Å²) in [7, 11) is 4.74. The number of methoxy groups -OCH3 is 1. The number of hydrogen-bond acceptors (Lipinski definition) is 5. The molecule has 0 fully saturated rings. The highest BCUT2D eigenvalue weighted by molar-refractivity contribution is 8.00. The molecule has 2 amide bonds. The minimum absolute atomic E-state index is 0.182. The fourth-order valence-corrected chi connectivity index (χ4v) is 2.23. The highest BCUT2D eigenvalue weighted by atomic mass is 32.2. The summed E-state index contributed by atoms with van der Waals surface area (Å²) in [5, 5.41) is 7.99. The van der Waals surface area contributed by atoms with E-state index in [1.807, 2.05) is 30.3 Å². The van der Waals surface area contributed by atoms with E-state index in [0.717, 1.165) is 4.90 Å². The topological polar surface area (TPSA) is 59.9 Å². The molecule has 21 heavy (non-hydrogen) atoms. The molecule has 0 spiro atoms. The number of carbonyl (C=O) groups is 1. The summed E-state index contributed by atoms with van der Waals surface area (Å²) >= 11 is 6.44. The predicted octanol–water partition coefficient (Wildman–Crippen LogP) is 2.62. The molecule has 0 unspecified atom stereocenters. The van der Waals surface area contributed by atoms with Crippen molar-refractivity contribution in [3.05, 3.63) is 30.3 Å². The van der Waals surface area contributed by atoms with Crippen LogP contribution in [0, 0.1) is 5.41 Å². The summed E-state index contributed by atoms with van der Waals surface area (Å²) in [4.78, 5) is 15.3. The number of nitrogens with zero attached hydrogens (tertiary/aromatic N) is 3. The molecule has 0 aromatic heterocycles. The van der Waals surface area contributed by atoms with Gasteiger partial charge in [-0.15, -0.1) is 0 Å². The lowest BCUT2D eigenvalue weighted by Gasteiger charge is -2.30. The standard InChI is InChI=1S/C13H18N4O2S2/c1-15(2)13(20)16(11(14)19-3)12(18)17(21-4)10-8-6-5-7-9-10/h5-9,14H,1-4H3. The van der Waals surface area contributed by atoms with Crippen LogP contribution in [0.15, 0.2) is 30.3 Å². The van der Waals surface area contributed by atoms with Crippen LogP contribution in [0.4, 0.5) is 10.5 Å². The molecule has 0 aliphatic rings. The van der Waals surface area contributed by atoms with Crippen molar-refractivity contribution < 1.29 is 9.53 Å². The second-order valence-electron chi connectivity index (χ2n) is 4.12. The van der Waals surface area contributed by atoms with E-state index in [1.54, 1.807) is 25.3 Å². The molecule has 6 nitrogen and oxygen atoms in total. The lowest BCUT2D eigenvalue weighted by molar-refractivity contribution is 0.232. The van der Waals surface area contributed by atoms with Crippen LogP contribution in [0.25, 0.3) is 0 Å². The zero-order valence-electron chi connectivity index (χ0n) is 12.4. The van der Waals surface area contributed by atoms with E-state index in [0.29, 0.717) is 5.69 Å². The van der Waals surface area contributed by atoms with Crippen molar-refractivity contribution in [3.63, 3.8) is 0 Å². The van der Waals surface area contributed by atoms with Gasteiger partial charge in [0.25, 0.3) is 6.02 Å². The number of para-hydroxylation sites is 1. The zero-order valence-corrected chi connectivity index (χ0v) is 14.0. The first kappa shape index (κ1) is 17.3. The molecular weight excluding hydrogens is 308 g/mol. The fourth-order valence-electron chi connectivity index (χ4n) is 1.49. The Hall–Kier alpha value is -1.80. The Labute approximate surface area is 134 Å². The summed E-state index contributed by atoms with van der Waals surface area (Å²) in [6.45, 7) is 0. The molecule has 0 saturated heterocycles. The highest BCUT2D eigenvalue weighted by Crippen LogP contribution is 2.22. The van der Waals surface area contributed by atoms with Crippen molar-refractivity contribution in [3.8, 4) is 0 Å². The van der Waals surface area contributed by atoms with Gasteiger partial charge in [0, 0.05) is 20.4 Å². The van der Waals surface area contributed by atoms with Crippen LogP contribution in [0.5, 0.6) is 0 Å². The summed E-state index contributed by atoms with van der Waals surface area (Å²) < 4.78 is 6.32. The van der Waals surface area contributed by atoms with Gasteiger partial charge < -0.3 is 9.64 Å². The monoisotopic (exact) mass is 326 g/mol. The Morgan fingerprint density at radius 3 is 2.29 bits per heavy atom. The van der Waals surface area contributed by atoms with E-state index >= 15 is 0 Å². The molecule has 1 rings (SSSR count). The van der Waals surface area contributed by atoms with E-state index in [2.05, 4.69) is 0 Å². The number of amides is 2. The minimum atomic E-state index is -0.459. The zero-order chi connectivity index (χ0) is 16.0. The molecule has 0 saturated carbocycles. The van der Waals surface area contributed by atoms with Gasteiger partial charge in [0.05, 0.1) is 12.8 Å². The van der Waals surface area contributed by atoms with E-state index in [-0.39, 0.29) is 11.1 Å². The molecule has 8 heteroatoms. The number of rotatable bonds is 2. The van der Waals surface area contributed by atoms with Crippen LogP contribution < -0.4 is 4.31 Å². The van der Waals surface area contributed by atoms with Crippen molar-refractivity contribution >= 4 is 47.0 Å². The normalized spacial score (nSPS) is 9.71. The Kier molecular flexibility index (Phi) is 6.44. The van der Waals surface area contributed by atoms with Crippen LogP contribution >= 0.6 is 24.2 Å². The minimum Gasteiger partial charge on any atom is -0.468 e. The van der Waals surface area contributed by atoms with Gasteiger partial charge >= 0.3 is 6.03 Å². The Morgan fingerprint density at radius 2 is 1.86 bits per heavy atom. The Balaban J connectivity index is 3.14. The van der Waals surface area contributed by atoms with Gasteiger partial charge in [0.2, 0.25) is 0 Å². The lowest BCUT2D eigenvalue weighted by atomic mass is 10.3. The van der Waals surface area contributed by atoms with Crippen molar-refractivity contribution in [2.75, 3.05) is 31.8 Å². The quantitative estimate of drug-likeness (QED) is 0.392. The third-order valence-electron chi connectivity index (χ3n) is 2.51. The van der Waals surface area contributed by atoms with Crippen LogP contribution in [0.2, 0.25) is 0 Å². The van der Waals surface area contributed by atoms with Crippen molar-refractivity contribution in [1.29, 1.82) is 5.41 Å². The SMILES string of the molecule is COC(=N)N(C(=O)N(SC)c1ccccc1)C(=S)N(C)C. The molecule has 0 heterocycles. The van der Waals surface area contributed by atoms with Crippen LogP contribution in [-0.4, -0.2) is 54.4 Å². The number of hydrogen-bond donors (Lipinski definition) is 1. The number of carbonyl (C=O) groups excluding carboxylic acids is 1. The van der Waals surface area contributed by atoms with E-state index in [9.17, 15) is 4.79 Å². The van der Waals surface area contributed by atoms with Gasteiger partial charge in [-0.05, 0) is 36.3 Å². The molecule has 114 valence electrons. The third kappa shape index (κ3) is 4.08. The smallest absolute Gasteiger partial charge is 0.349 e. The number of anilines is 1. The number of urea groups is 1. The number of ether oxygens (including phenoxy) is 1. The third-order valence-corrected chi connectivity index (χ3v) is 3.79. The van der Waals surface area contributed by atoms with Gasteiger partial charge in [-0.3, -0.25) is 5.41 Å². The van der Waals surface area contributed by atoms with Gasteiger partial charge in [0.15, 0.2) is 5.11 Å². The maximum absolute atomic E-state index is 12.7. The first-order valence-electron chi connectivity index (χ1n) is 6.01. The Bertz CT molecular complexity index is 522. The van der Waals surface area contributed by atoms with Crippen molar-refractivity contribution in [2.24, 2.45) is 0 Å². The predicted molar refractivity (Wildman–Crippen MR) is 90.7 cm³/mol. The maximum atomic E-state index is 12.7. The summed E-state index contributed by atoms with van der Waals surface area (Å²) in [6.07, 6.45) is 1.78. The molecule has 0 aliphatic heterocycles. The van der Waals surface area contributed by atoms with Gasteiger partial charge in [-0.1, -0.05) is 18.2 Å². The number of thiocarbonyl (C=S) groups is 1. The second kappa shape index (κ2) is 7.84. The van der Waals surface area contributed by atoms with Gasteiger partial charge in [0.1, 0.15) is 0 Å². The van der Waals surface area contributed by atoms with E-state index in [4.69, 9.17) is 22.4 Å². The van der Waals surface area contributed by atoms with Crippen molar-refractivity contribution in [1.82, 2.24) is 9.80 Å². The van der Waals surface area contributed by atoms with E-state index < -0.39 is 6.03 Å². The first-order chi connectivity index (χ1) is 9.93. The molecule has 0 radical (unpaired) electrons. The molecule has 1 aromatic rings. The summed E-state index contributed by atoms with van der Waals surface area (Å²) in [5.41, 5.74) is 0.699. The number of nitrogens with one attached hydrogen (secondary N) is 1. The average molecular weight is 326 g/mol. The molecule has 1 aromatic carbocycles.